The van der Waals surface area contributed by atoms with Crippen LogP contribution in [0.5, 0.6) is 0 Å². The number of esters is 1. The van der Waals surface area contributed by atoms with Crippen LogP contribution in [0.4, 0.5) is 9.80 Å². The number of nitrogens with zero attached hydrogens (tertiary/aromatic N) is 1. The molecule has 8 heteroatoms. The number of aryl methyl sites for hydroxylation is 1. The lowest BCUT2D eigenvalue weighted by Crippen LogP contribution is -2.36. The molecule has 2 amide bonds. The lowest BCUT2D eigenvalue weighted by atomic mass is 10.1. The molecule has 1 aromatic rings. The third-order valence-corrected chi connectivity index (χ3v) is 5.64. The molecule has 0 aliphatic heterocycles. The number of urea groups is 1. The van der Waals surface area contributed by atoms with Crippen molar-refractivity contribution in [2.24, 2.45) is 5.92 Å². The topological polar surface area (TPSA) is 95.9 Å². The number of hydrogen-bond donors (Lipinski definition) is 2. The molecule has 0 radical (unpaired) electrons. The normalized spacial score (nSPS) is 14.7. The maximum atomic E-state index is 12.5. The SMILES string of the molecule is CCOC(=O)c1c(NC(=O)N(C)CC(C)C(=O)O)sc2c1CCCCC2. The van der Waals surface area contributed by atoms with Gasteiger partial charge in [-0.05, 0) is 38.2 Å². The van der Waals surface area contributed by atoms with Gasteiger partial charge in [-0.2, -0.15) is 0 Å². The maximum Gasteiger partial charge on any atom is 0.341 e. The van der Waals surface area contributed by atoms with E-state index in [9.17, 15) is 14.4 Å². The number of fused-ring (bicyclic) bond motifs is 1. The van der Waals surface area contributed by atoms with Crippen LogP contribution < -0.4 is 5.32 Å². The van der Waals surface area contributed by atoms with E-state index in [1.165, 1.54) is 23.3 Å². The minimum atomic E-state index is -0.959. The fraction of sp³-hybridized carbons (Fsp3) is 0.611. The van der Waals surface area contributed by atoms with E-state index in [2.05, 4.69) is 5.32 Å². The molecular formula is C18H26N2O5S. The minimum Gasteiger partial charge on any atom is -0.481 e. The van der Waals surface area contributed by atoms with Crippen molar-refractivity contribution in [2.75, 3.05) is 25.5 Å². The Bertz CT molecular complexity index is 685. The molecule has 0 saturated carbocycles. The van der Waals surface area contributed by atoms with Gasteiger partial charge in [-0.25, -0.2) is 9.59 Å². The summed E-state index contributed by atoms with van der Waals surface area (Å²) in [5.74, 6) is -2.04. The molecule has 0 saturated heterocycles. The van der Waals surface area contributed by atoms with Gasteiger partial charge in [-0.3, -0.25) is 10.1 Å². The number of carboxylic acids is 1. The van der Waals surface area contributed by atoms with Crippen molar-refractivity contribution in [1.82, 2.24) is 4.90 Å². The molecule has 1 atom stereocenters. The van der Waals surface area contributed by atoms with Gasteiger partial charge in [-0.1, -0.05) is 13.3 Å². The zero-order chi connectivity index (χ0) is 19.3. The molecule has 144 valence electrons. The van der Waals surface area contributed by atoms with Gasteiger partial charge >= 0.3 is 18.0 Å². The molecule has 1 aliphatic rings. The predicted octanol–water partition coefficient (Wildman–Crippen LogP) is 3.38. The number of carbonyl (C=O) groups excluding carboxylic acids is 2. The van der Waals surface area contributed by atoms with Crippen LogP contribution in [-0.2, 0) is 22.4 Å². The summed E-state index contributed by atoms with van der Waals surface area (Å²) in [5.41, 5.74) is 1.45. The average Bonchev–Trinajstić information content (AvgIpc) is 2.75. The molecule has 0 bridgehead atoms. The van der Waals surface area contributed by atoms with Crippen molar-refractivity contribution < 1.29 is 24.2 Å². The second-order valence-corrected chi connectivity index (χ2v) is 7.64. The molecule has 1 aliphatic carbocycles. The zero-order valence-electron chi connectivity index (χ0n) is 15.5. The second-order valence-electron chi connectivity index (χ2n) is 6.54. The smallest absolute Gasteiger partial charge is 0.341 e. The van der Waals surface area contributed by atoms with Crippen LogP contribution in [-0.4, -0.2) is 48.2 Å². The average molecular weight is 382 g/mol. The van der Waals surface area contributed by atoms with E-state index in [0.717, 1.165) is 42.5 Å². The molecule has 7 nitrogen and oxygen atoms in total. The summed E-state index contributed by atoms with van der Waals surface area (Å²) in [7, 11) is 1.54. The lowest BCUT2D eigenvalue weighted by molar-refractivity contribution is -0.141. The number of anilines is 1. The van der Waals surface area contributed by atoms with Crippen LogP contribution in [0.1, 0.15) is 53.9 Å². The molecule has 1 aromatic heterocycles. The fourth-order valence-electron chi connectivity index (χ4n) is 3.01. The van der Waals surface area contributed by atoms with Gasteiger partial charge in [0.05, 0.1) is 18.1 Å². The van der Waals surface area contributed by atoms with Crippen molar-refractivity contribution >= 4 is 34.3 Å². The van der Waals surface area contributed by atoms with Crippen LogP contribution in [0.3, 0.4) is 0 Å². The van der Waals surface area contributed by atoms with Gasteiger partial charge in [0.25, 0.3) is 0 Å². The fourth-order valence-corrected chi connectivity index (χ4v) is 4.28. The van der Waals surface area contributed by atoms with Crippen LogP contribution in [0.2, 0.25) is 0 Å². The molecule has 0 spiro atoms. The van der Waals surface area contributed by atoms with Gasteiger partial charge in [0.2, 0.25) is 0 Å². The third kappa shape index (κ3) is 4.75. The molecule has 0 aromatic carbocycles. The minimum absolute atomic E-state index is 0.0843. The standard InChI is InChI=1S/C18H26N2O5S/c1-4-25-17(23)14-12-8-6-5-7-9-13(12)26-15(14)19-18(24)20(3)10-11(2)16(21)22/h11H,4-10H2,1-3H3,(H,19,24)(H,21,22). The number of amides is 2. The third-order valence-electron chi connectivity index (χ3n) is 4.44. The molecule has 26 heavy (non-hydrogen) atoms. The summed E-state index contributed by atoms with van der Waals surface area (Å²) in [6.45, 7) is 3.65. The molecule has 2 N–H and O–H groups in total. The summed E-state index contributed by atoms with van der Waals surface area (Å²) >= 11 is 1.42. The van der Waals surface area contributed by atoms with Gasteiger partial charge < -0.3 is 14.7 Å². The van der Waals surface area contributed by atoms with Crippen molar-refractivity contribution in [1.29, 1.82) is 0 Å². The molecule has 1 heterocycles. The Balaban J connectivity index is 2.23. The first-order chi connectivity index (χ1) is 12.3. The quantitative estimate of drug-likeness (QED) is 0.581. The summed E-state index contributed by atoms with van der Waals surface area (Å²) in [4.78, 5) is 38.4. The molecular weight excluding hydrogens is 356 g/mol. The van der Waals surface area contributed by atoms with Crippen molar-refractivity contribution in [3.63, 3.8) is 0 Å². The van der Waals surface area contributed by atoms with Gasteiger partial charge in [-0.15, -0.1) is 11.3 Å². The number of rotatable bonds is 6. The number of aliphatic carboxylic acids is 1. The van der Waals surface area contributed by atoms with E-state index in [1.54, 1.807) is 13.8 Å². The van der Waals surface area contributed by atoms with Crippen LogP contribution in [0.25, 0.3) is 0 Å². The number of ether oxygens (including phenoxy) is 1. The monoisotopic (exact) mass is 382 g/mol. The first-order valence-corrected chi connectivity index (χ1v) is 9.73. The molecule has 2 rings (SSSR count). The zero-order valence-corrected chi connectivity index (χ0v) is 16.3. The Labute approximate surface area is 157 Å². The molecule has 0 fully saturated rings. The first-order valence-electron chi connectivity index (χ1n) is 8.91. The molecule has 1 unspecified atom stereocenters. The Morgan fingerprint density at radius 3 is 2.62 bits per heavy atom. The number of thiophene rings is 1. The maximum absolute atomic E-state index is 12.5. The highest BCUT2D eigenvalue weighted by Crippen LogP contribution is 2.38. The van der Waals surface area contributed by atoms with Gasteiger partial charge in [0, 0.05) is 18.5 Å². The van der Waals surface area contributed by atoms with E-state index in [-0.39, 0.29) is 13.2 Å². The second kappa shape index (κ2) is 9.02. The Kier molecular flexibility index (Phi) is 7.02. The number of carbonyl (C=O) groups is 3. The van der Waals surface area contributed by atoms with Crippen LogP contribution in [0.15, 0.2) is 0 Å². The highest BCUT2D eigenvalue weighted by molar-refractivity contribution is 7.17. The summed E-state index contributed by atoms with van der Waals surface area (Å²) in [6, 6.07) is -0.431. The number of carboxylic acid groups (broad SMARTS) is 1. The van der Waals surface area contributed by atoms with Crippen LogP contribution >= 0.6 is 11.3 Å². The first kappa shape index (κ1) is 20.2. The van der Waals surface area contributed by atoms with Crippen molar-refractivity contribution in [2.45, 2.75) is 46.0 Å². The summed E-state index contributed by atoms with van der Waals surface area (Å²) in [5, 5.41) is 12.3. The summed E-state index contributed by atoms with van der Waals surface area (Å²) < 4.78 is 5.20. The highest BCUT2D eigenvalue weighted by atomic mass is 32.1. The lowest BCUT2D eigenvalue weighted by Gasteiger charge is -2.20. The highest BCUT2D eigenvalue weighted by Gasteiger charge is 2.27. The number of hydrogen-bond acceptors (Lipinski definition) is 5. The van der Waals surface area contributed by atoms with Crippen molar-refractivity contribution in [3.8, 4) is 0 Å². The van der Waals surface area contributed by atoms with E-state index >= 15 is 0 Å². The predicted molar refractivity (Wildman–Crippen MR) is 100.0 cm³/mol. The van der Waals surface area contributed by atoms with Gasteiger partial charge in [0.15, 0.2) is 0 Å². The Morgan fingerprint density at radius 2 is 1.96 bits per heavy atom. The van der Waals surface area contributed by atoms with E-state index < -0.39 is 23.9 Å². The van der Waals surface area contributed by atoms with Gasteiger partial charge in [0.1, 0.15) is 5.00 Å². The van der Waals surface area contributed by atoms with Crippen molar-refractivity contribution in [3.05, 3.63) is 16.0 Å². The summed E-state index contributed by atoms with van der Waals surface area (Å²) in [6.07, 6.45) is 4.91. The number of nitrogens with one attached hydrogen (secondary N) is 1. The van der Waals surface area contributed by atoms with E-state index in [4.69, 9.17) is 9.84 Å². The largest absolute Gasteiger partial charge is 0.481 e. The Hall–Kier alpha value is -2.09. The Morgan fingerprint density at radius 1 is 1.27 bits per heavy atom. The van der Waals surface area contributed by atoms with E-state index in [1.807, 2.05) is 0 Å². The van der Waals surface area contributed by atoms with Crippen LogP contribution in [0, 0.1) is 5.92 Å². The van der Waals surface area contributed by atoms with E-state index in [0.29, 0.717) is 10.6 Å².